The molecule has 0 unspecified atom stereocenters. The van der Waals surface area contributed by atoms with Crippen LogP contribution in [0.3, 0.4) is 0 Å². The van der Waals surface area contributed by atoms with E-state index in [4.69, 9.17) is 0 Å². The van der Waals surface area contributed by atoms with E-state index in [1.54, 1.807) is 30.7 Å². The molecule has 1 heterocycles. The number of halogens is 1. The van der Waals surface area contributed by atoms with Crippen molar-refractivity contribution >= 4 is 26.0 Å². The predicted molar refractivity (Wildman–Crippen MR) is 80.9 cm³/mol. The van der Waals surface area contributed by atoms with Crippen molar-refractivity contribution in [3.05, 3.63) is 47.0 Å². The molecule has 2 rings (SSSR count). The number of nitrogens with zero attached hydrogens (tertiary/aromatic N) is 2. The monoisotopic (exact) mass is 357 g/mol. The molecule has 0 atom stereocenters. The molecule has 0 aliphatic carbocycles. The average Bonchev–Trinajstić information content (AvgIpc) is 2.91. The minimum atomic E-state index is -3.44. The van der Waals surface area contributed by atoms with Gasteiger partial charge in [0.05, 0.1) is 11.2 Å². The van der Waals surface area contributed by atoms with E-state index in [0.29, 0.717) is 17.9 Å². The van der Waals surface area contributed by atoms with Crippen molar-refractivity contribution in [1.82, 2.24) is 14.3 Å². The van der Waals surface area contributed by atoms with Crippen LogP contribution < -0.4 is 4.72 Å². The van der Waals surface area contributed by atoms with E-state index in [0.717, 1.165) is 16.6 Å². The molecule has 108 valence electrons. The fourth-order valence-corrected chi connectivity index (χ4v) is 3.16. The molecule has 0 spiro atoms. The van der Waals surface area contributed by atoms with Gasteiger partial charge in [0.2, 0.25) is 10.0 Å². The topological polar surface area (TPSA) is 64.0 Å². The number of nitrogens with one attached hydrogen (secondary N) is 1. The van der Waals surface area contributed by atoms with Crippen LogP contribution in [-0.4, -0.2) is 24.5 Å². The molecule has 7 heteroatoms. The lowest BCUT2D eigenvalue weighted by Crippen LogP contribution is -2.25. The van der Waals surface area contributed by atoms with Gasteiger partial charge in [0.15, 0.2) is 0 Å². The fraction of sp³-hybridized carbons (Fsp3) is 0.308. The summed E-state index contributed by atoms with van der Waals surface area (Å²) in [5, 5.41) is 0. The highest BCUT2D eigenvalue weighted by Gasteiger charge is 2.13. The number of sulfonamides is 1. The molecule has 5 nitrogen and oxygen atoms in total. The van der Waals surface area contributed by atoms with Crippen LogP contribution in [0.2, 0.25) is 0 Å². The number of benzene rings is 1. The van der Waals surface area contributed by atoms with Crippen LogP contribution in [-0.2, 0) is 16.6 Å². The molecule has 0 fully saturated rings. The summed E-state index contributed by atoms with van der Waals surface area (Å²) in [5.74, 6) is 0. The molecular weight excluding hydrogens is 342 g/mol. The quantitative estimate of drug-likeness (QED) is 0.806. The van der Waals surface area contributed by atoms with Crippen LogP contribution in [0.15, 0.2) is 46.3 Å². The highest BCUT2D eigenvalue weighted by Crippen LogP contribution is 2.19. The van der Waals surface area contributed by atoms with Crippen LogP contribution in [0.1, 0.15) is 12.0 Å². The molecule has 2 aromatic rings. The second-order valence-electron chi connectivity index (χ2n) is 4.46. The van der Waals surface area contributed by atoms with Crippen molar-refractivity contribution in [2.24, 2.45) is 0 Å². The number of hydrogen-bond donors (Lipinski definition) is 1. The average molecular weight is 358 g/mol. The van der Waals surface area contributed by atoms with E-state index in [-0.39, 0.29) is 0 Å². The largest absolute Gasteiger partial charge is 0.337 e. The minimum absolute atomic E-state index is 0.292. The predicted octanol–water partition coefficient (Wildman–Crippen LogP) is 2.32. The van der Waals surface area contributed by atoms with Gasteiger partial charge in [-0.3, -0.25) is 0 Å². The van der Waals surface area contributed by atoms with Crippen molar-refractivity contribution < 1.29 is 8.42 Å². The maximum Gasteiger partial charge on any atom is 0.240 e. The second-order valence-corrected chi connectivity index (χ2v) is 7.08. The summed E-state index contributed by atoms with van der Waals surface area (Å²) in [6.07, 6.45) is 5.99. The first-order valence-electron chi connectivity index (χ1n) is 6.20. The summed E-state index contributed by atoms with van der Waals surface area (Å²) in [5.41, 5.74) is 0.895. The highest BCUT2D eigenvalue weighted by molar-refractivity contribution is 9.10. The Morgan fingerprint density at radius 3 is 2.85 bits per heavy atom. The molecule has 0 aliphatic heterocycles. The zero-order chi connectivity index (χ0) is 14.6. The SMILES string of the molecule is Cc1cc(S(=O)(=O)NCCCn2ccnc2)ccc1Br. The normalized spacial score (nSPS) is 11.7. The summed E-state index contributed by atoms with van der Waals surface area (Å²) in [4.78, 5) is 4.23. The number of aryl methyl sites for hydroxylation is 2. The Kier molecular flexibility index (Phi) is 4.95. The fourth-order valence-electron chi connectivity index (χ4n) is 1.75. The van der Waals surface area contributed by atoms with Gasteiger partial charge in [0, 0.05) is 30.0 Å². The summed E-state index contributed by atoms with van der Waals surface area (Å²) in [7, 11) is -3.44. The number of imidazole rings is 1. The molecule has 0 radical (unpaired) electrons. The maximum absolute atomic E-state index is 12.1. The molecular formula is C13H16BrN3O2S. The Morgan fingerprint density at radius 1 is 1.40 bits per heavy atom. The van der Waals surface area contributed by atoms with Crippen LogP contribution in [0, 0.1) is 6.92 Å². The first-order valence-corrected chi connectivity index (χ1v) is 8.48. The maximum atomic E-state index is 12.1. The first kappa shape index (κ1) is 15.2. The Bertz CT molecular complexity index is 669. The van der Waals surface area contributed by atoms with Gasteiger partial charge in [-0.2, -0.15) is 0 Å². The van der Waals surface area contributed by atoms with Crippen molar-refractivity contribution in [1.29, 1.82) is 0 Å². The molecule has 0 aliphatic rings. The van der Waals surface area contributed by atoms with Crippen molar-refractivity contribution in [2.45, 2.75) is 24.8 Å². The lowest BCUT2D eigenvalue weighted by Gasteiger charge is -2.08. The van der Waals surface area contributed by atoms with Gasteiger partial charge in [-0.1, -0.05) is 15.9 Å². The molecule has 0 bridgehead atoms. The zero-order valence-electron chi connectivity index (χ0n) is 11.1. The second kappa shape index (κ2) is 6.51. The zero-order valence-corrected chi connectivity index (χ0v) is 13.5. The minimum Gasteiger partial charge on any atom is -0.337 e. The van der Waals surface area contributed by atoms with Crippen LogP contribution >= 0.6 is 15.9 Å². The van der Waals surface area contributed by atoms with Gasteiger partial charge in [0.1, 0.15) is 0 Å². The Hall–Kier alpha value is -1.18. The van der Waals surface area contributed by atoms with E-state index >= 15 is 0 Å². The molecule has 0 saturated carbocycles. The third-order valence-corrected chi connectivity index (χ3v) is 5.23. The number of hydrogen-bond acceptors (Lipinski definition) is 3. The standard InChI is InChI=1S/C13H16BrN3O2S/c1-11-9-12(3-4-13(11)14)20(18,19)16-5-2-7-17-8-6-15-10-17/h3-4,6,8-10,16H,2,5,7H2,1H3. The van der Waals surface area contributed by atoms with Crippen molar-refractivity contribution in [2.75, 3.05) is 6.54 Å². The van der Waals surface area contributed by atoms with Gasteiger partial charge in [-0.05, 0) is 37.1 Å². The summed E-state index contributed by atoms with van der Waals surface area (Å²) < 4.78 is 29.6. The molecule has 1 aromatic carbocycles. The van der Waals surface area contributed by atoms with E-state index in [2.05, 4.69) is 25.6 Å². The molecule has 0 saturated heterocycles. The van der Waals surface area contributed by atoms with Gasteiger partial charge in [-0.25, -0.2) is 18.1 Å². The van der Waals surface area contributed by atoms with Gasteiger partial charge < -0.3 is 4.57 Å². The molecule has 1 aromatic heterocycles. The number of rotatable bonds is 6. The summed E-state index contributed by atoms with van der Waals surface area (Å²) in [6, 6.07) is 4.99. The lowest BCUT2D eigenvalue weighted by molar-refractivity contribution is 0.569. The van der Waals surface area contributed by atoms with E-state index in [1.807, 2.05) is 17.7 Å². The molecule has 1 N–H and O–H groups in total. The summed E-state index contributed by atoms with van der Waals surface area (Å²) >= 11 is 3.36. The number of aromatic nitrogens is 2. The highest BCUT2D eigenvalue weighted by atomic mass is 79.9. The Morgan fingerprint density at radius 2 is 2.20 bits per heavy atom. The van der Waals surface area contributed by atoms with Gasteiger partial charge in [0.25, 0.3) is 0 Å². The van der Waals surface area contributed by atoms with E-state index < -0.39 is 10.0 Å². The smallest absolute Gasteiger partial charge is 0.240 e. The van der Waals surface area contributed by atoms with E-state index in [9.17, 15) is 8.42 Å². The lowest BCUT2D eigenvalue weighted by atomic mass is 10.2. The van der Waals surface area contributed by atoms with Crippen LogP contribution in [0.4, 0.5) is 0 Å². The third kappa shape index (κ3) is 3.91. The van der Waals surface area contributed by atoms with Crippen LogP contribution in [0.25, 0.3) is 0 Å². The van der Waals surface area contributed by atoms with Crippen LogP contribution in [0.5, 0.6) is 0 Å². The Labute approximate surface area is 127 Å². The molecule has 20 heavy (non-hydrogen) atoms. The van der Waals surface area contributed by atoms with E-state index in [1.165, 1.54) is 0 Å². The van der Waals surface area contributed by atoms with Gasteiger partial charge >= 0.3 is 0 Å². The van der Waals surface area contributed by atoms with Crippen molar-refractivity contribution in [3.63, 3.8) is 0 Å². The van der Waals surface area contributed by atoms with Crippen molar-refractivity contribution in [3.8, 4) is 0 Å². The summed E-state index contributed by atoms with van der Waals surface area (Å²) in [6.45, 7) is 3.00. The molecule has 0 amide bonds. The third-order valence-electron chi connectivity index (χ3n) is 2.88. The Balaban J connectivity index is 1.92. The first-order chi connectivity index (χ1) is 9.49. The van der Waals surface area contributed by atoms with Gasteiger partial charge in [-0.15, -0.1) is 0 Å².